The molecule has 0 saturated carbocycles. The molecule has 1 aromatic carbocycles. The molecular weight excluding hydrogens is 254 g/mol. The molecule has 20 heavy (non-hydrogen) atoms. The Morgan fingerprint density at radius 1 is 1.25 bits per heavy atom. The molecule has 1 aromatic heterocycles. The molecule has 0 saturated heterocycles. The van der Waals surface area contributed by atoms with Crippen LogP contribution in [0.5, 0.6) is 0 Å². The topological polar surface area (TPSA) is 45.8 Å². The number of hydrogen-bond acceptors (Lipinski definition) is 4. The predicted molar refractivity (Wildman–Crippen MR) is 78.8 cm³/mol. The highest BCUT2D eigenvalue weighted by Gasteiger charge is 2.09. The van der Waals surface area contributed by atoms with E-state index in [1.54, 1.807) is 6.26 Å². The van der Waals surface area contributed by atoms with Crippen LogP contribution < -0.4 is 4.90 Å². The van der Waals surface area contributed by atoms with E-state index in [2.05, 4.69) is 19.1 Å². The monoisotopic (exact) mass is 275 g/mol. The van der Waals surface area contributed by atoms with Crippen molar-refractivity contribution in [1.82, 2.24) is 0 Å². The lowest BCUT2D eigenvalue weighted by Gasteiger charge is -2.22. The Hall–Kier alpha value is -1.78. The zero-order valence-electron chi connectivity index (χ0n) is 12.0. The maximum atomic E-state index is 9.97. The van der Waals surface area contributed by atoms with Crippen LogP contribution in [-0.4, -0.2) is 31.4 Å². The third-order valence-corrected chi connectivity index (χ3v) is 3.09. The van der Waals surface area contributed by atoms with Crippen molar-refractivity contribution in [1.29, 1.82) is 0 Å². The number of likely N-dealkylation sites (N-methyl/N-ethyl adjacent to an activating group) is 1. The van der Waals surface area contributed by atoms with E-state index in [1.807, 2.05) is 36.2 Å². The lowest BCUT2D eigenvalue weighted by Crippen LogP contribution is -2.32. The van der Waals surface area contributed by atoms with Crippen LogP contribution in [0.3, 0.4) is 0 Å². The first-order valence-electron chi connectivity index (χ1n) is 6.71. The van der Waals surface area contributed by atoms with Crippen molar-refractivity contribution in [3.05, 3.63) is 54.0 Å². The van der Waals surface area contributed by atoms with Crippen LogP contribution in [0.4, 0.5) is 5.69 Å². The number of aliphatic hydroxyl groups excluding tert-OH is 1. The minimum atomic E-state index is -0.531. The van der Waals surface area contributed by atoms with Gasteiger partial charge in [-0.05, 0) is 31.2 Å². The Morgan fingerprint density at radius 3 is 2.65 bits per heavy atom. The third-order valence-electron chi connectivity index (χ3n) is 3.09. The van der Waals surface area contributed by atoms with Crippen molar-refractivity contribution >= 4 is 5.69 Å². The standard InChI is InChI=1S/C16H21NO3/c1-13-5-7-14(8-6-13)17(2)10-15(18)11-19-12-16-4-3-9-20-16/h3-9,15,18H,10-12H2,1-2H3. The molecule has 1 atom stereocenters. The fourth-order valence-electron chi connectivity index (χ4n) is 1.96. The van der Waals surface area contributed by atoms with E-state index in [1.165, 1.54) is 5.56 Å². The minimum absolute atomic E-state index is 0.289. The maximum absolute atomic E-state index is 9.97. The van der Waals surface area contributed by atoms with Gasteiger partial charge in [-0.15, -0.1) is 0 Å². The number of aliphatic hydroxyl groups is 1. The average Bonchev–Trinajstić information content (AvgIpc) is 2.92. The number of anilines is 1. The second kappa shape index (κ2) is 7.12. The second-order valence-electron chi connectivity index (χ2n) is 4.96. The molecule has 1 heterocycles. The van der Waals surface area contributed by atoms with Crippen molar-refractivity contribution in [2.45, 2.75) is 19.6 Å². The summed E-state index contributed by atoms with van der Waals surface area (Å²) in [7, 11) is 1.96. The summed E-state index contributed by atoms with van der Waals surface area (Å²) in [5, 5.41) is 9.97. The molecule has 0 radical (unpaired) electrons. The first-order valence-corrected chi connectivity index (χ1v) is 6.71. The molecule has 0 aliphatic carbocycles. The summed E-state index contributed by atoms with van der Waals surface area (Å²) in [6.07, 6.45) is 1.08. The smallest absolute Gasteiger partial charge is 0.129 e. The van der Waals surface area contributed by atoms with Crippen LogP contribution in [0, 0.1) is 6.92 Å². The van der Waals surface area contributed by atoms with Gasteiger partial charge in [0.05, 0.1) is 19.0 Å². The minimum Gasteiger partial charge on any atom is -0.467 e. The van der Waals surface area contributed by atoms with Crippen LogP contribution in [-0.2, 0) is 11.3 Å². The lowest BCUT2D eigenvalue weighted by molar-refractivity contribution is 0.0260. The highest BCUT2D eigenvalue weighted by molar-refractivity contribution is 5.46. The summed E-state index contributed by atoms with van der Waals surface area (Å²) in [6.45, 7) is 3.26. The van der Waals surface area contributed by atoms with E-state index in [0.717, 1.165) is 11.4 Å². The van der Waals surface area contributed by atoms with Gasteiger partial charge in [-0.25, -0.2) is 0 Å². The summed E-state index contributed by atoms with van der Waals surface area (Å²) >= 11 is 0. The Kier molecular flexibility index (Phi) is 5.21. The van der Waals surface area contributed by atoms with Gasteiger partial charge in [-0.2, -0.15) is 0 Å². The molecule has 4 heteroatoms. The molecule has 0 aliphatic rings. The van der Waals surface area contributed by atoms with Gasteiger partial charge in [0.15, 0.2) is 0 Å². The second-order valence-corrected chi connectivity index (χ2v) is 4.96. The highest BCUT2D eigenvalue weighted by atomic mass is 16.5. The number of hydrogen-bond donors (Lipinski definition) is 1. The lowest BCUT2D eigenvalue weighted by atomic mass is 10.2. The molecule has 1 unspecified atom stereocenters. The molecule has 0 amide bonds. The van der Waals surface area contributed by atoms with Gasteiger partial charge in [-0.1, -0.05) is 17.7 Å². The van der Waals surface area contributed by atoms with Gasteiger partial charge >= 0.3 is 0 Å². The van der Waals surface area contributed by atoms with Gasteiger partial charge in [0.2, 0.25) is 0 Å². The summed E-state index contributed by atoms with van der Waals surface area (Å²) in [4.78, 5) is 2.01. The van der Waals surface area contributed by atoms with Crippen LogP contribution in [0.25, 0.3) is 0 Å². The molecule has 2 aromatic rings. The number of benzene rings is 1. The van der Waals surface area contributed by atoms with Crippen molar-refractivity contribution in [2.24, 2.45) is 0 Å². The van der Waals surface area contributed by atoms with Gasteiger partial charge in [-0.3, -0.25) is 0 Å². The summed E-state index contributed by atoms with van der Waals surface area (Å²) < 4.78 is 10.6. The maximum Gasteiger partial charge on any atom is 0.129 e. The van der Waals surface area contributed by atoms with Crippen molar-refractivity contribution in [3.63, 3.8) is 0 Å². The van der Waals surface area contributed by atoms with Gasteiger partial charge in [0, 0.05) is 19.3 Å². The fourth-order valence-corrected chi connectivity index (χ4v) is 1.96. The number of rotatable bonds is 7. The van der Waals surface area contributed by atoms with Crippen LogP contribution in [0.15, 0.2) is 47.1 Å². The molecule has 2 rings (SSSR count). The van der Waals surface area contributed by atoms with E-state index in [0.29, 0.717) is 13.2 Å². The van der Waals surface area contributed by atoms with Gasteiger partial charge in [0.25, 0.3) is 0 Å². The summed E-state index contributed by atoms with van der Waals surface area (Å²) in [5.74, 6) is 0.768. The summed E-state index contributed by atoms with van der Waals surface area (Å²) in [6, 6.07) is 11.9. The average molecular weight is 275 g/mol. The van der Waals surface area contributed by atoms with E-state index in [9.17, 15) is 5.11 Å². The number of aryl methyl sites for hydroxylation is 1. The van der Waals surface area contributed by atoms with E-state index >= 15 is 0 Å². The number of nitrogens with zero attached hydrogens (tertiary/aromatic N) is 1. The molecule has 0 fully saturated rings. The van der Waals surface area contributed by atoms with Crippen molar-refractivity contribution in [3.8, 4) is 0 Å². The highest BCUT2D eigenvalue weighted by Crippen LogP contribution is 2.13. The largest absolute Gasteiger partial charge is 0.467 e. The first-order chi connectivity index (χ1) is 9.65. The Labute approximate surface area is 119 Å². The van der Waals surface area contributed by atoms with Gasteiger partial charge in [0.1, 0.15) is 12.4 Å². The molecule has 108 valence electrons. The van der Waals surface area contributed by atoms with E-state index in [4.69, 9.17) is 9.15 Å². The molecule has 0 spiro atoms. The number of ether oxygens (including phenoxy) is 1. The Morgan fingerprint density at radius 2 is 2.00 bits per heavy atom. The molecule has 0 bridgehead atoms. The van der Waals surface area contributed by atoms with Crippen LogP contribution >= 0.6 is 0 Å². The Balaban J connectivity index is 1.73. The van der Waals surface area contributed by atoms with E-state index < -0.39 is 6.10 Å². The Bertz CT molecular complexity index is 493. The first kappa shape index (κ1) is 14.6. The normalized spacial score (nSPS) is 12.3. The quantitative estimate of drug-likeness (QED) is 0.843. The van der Waals surface area contributed by atoms with Gasteiger partial charge < -0.3 is 19.2 Å². The molecule has 0 aliphatic heterocycles. The predicted octanol–water partition coefficient (Wildman–Crippen LogP) is 2.60. The molecule has 1 N–H and O–H groups in total. The molecular formula is C16H21NO3. The summed E-state index contributed by atoms with van der Waals surface area (Å²) in [5.41, 5.74) is 2.31. The van der Waals surface area contributed by atoms with Crippen LogP contribution in [0.1, 0.15) is 11.3 Å². The SMILES string of the molecule is Cc1ccc(N(C)CC(O)COCc2ccco2)cc1. The number of furan rings is 1. The van der Waals surface area contributed by atoms with Crippen LogP contribution in [0.2, 0.25) is 0 Å². The third kappa shape index (κ3) is 4.40. The van der Waals surface area contributed by atoms with E-state index in [-0.39, 0.29) is 6.61 Å². The van der Waals surface area contributed by atoms with Crippen molar-refractivity contribution < 1.29 is 14.3 Å². The fraction of sp³-hybridized carbons (Fsp3) is 0.375. The zero-order chi connectivity index (χ0) is 14.4. The van der Waals surface area contributed by atoms with Crippen molar-refractivity contribution in [2.75, 3.05) is 25.1 Å². The zero-order valence-corrected chi connectivity index (χ0v) is 12.0. The molecule has 4 nitrogen and oxygen atoms in total.